The Morgan fingerprint density at radius 2 is 1.46 bits per heavy atom. The molecule has 4 heteroatoms. The van der Waals surface area contributed by atoms with Crippen LogP contribution in [0, 0.1) is 0 Å². The molecule has 13 heavy (non-hydrogen) atoms. The second-order valence-corrected chi connectivity index (χ2v) is 3.69. The predicted octanol–water partition coefficient (Wildman–Crippen LogP) is -0.647. The van der Waals surface area contributed by atoms with Crippen LogP contribution in [0.2, 0.25) is 0 Å². The van der Waals surface area contributed by atoms with Gasteiger partial charge in [-0.1, -0.05) is 0 Å². The van der Waals surface area contributed by atoms with E-state index in [1.54, 1.807) is 0 Å². The molecule has 0 spiro atoms. The van der Waals surface area contributed by atoms with Gasteiger partial charge in [-0.3, -0.25) is 0 Å². The summed E-state index contributed by atoms with van der Waals surface area (Å²) < 4.78 is 10.8. The molecule has 2 aliphatic rings. The van der Waals surface area contributed by atoms with Crippen molar-refractivity contribution in [3.63, 3.8) is 0 Å². The second kappa shape index (κ2) is 4.91. The average Bonchev–Trinajstić information content (AvgIpc) is 2.21. The SMILES string of the molecule is C1COCC(CC2COCCN2)N1. The lowest BCUT2D eigenvalue weighted by atomic mass is 10.1. The molecule has 2 heterocycles. The molecular formula is C9H18N2O2. The maximum atomic E-state index is 5.39. The van der Waals surface area contributed by atoms with Crippen molar-refractivity contribution in [3.05, 3.63) is 0 Å². The molecule has 0 radical (unpaired) electrons. The summed E-state index contributed by atoms with van der Waals surface area (Å²) >= 11 is 0. The summed E-state index contributed by atoms with van der Waals surface area (Å²) in [6.07, 6.45) is 1.11. The molecule has 4 nitrogen and oxygen atoms in total. The Kier molecular flexibility index (Phi) is 3.55. The van der Waals surface area contributed by atoms with E-state index in [1.165, 1.54) is 0 Å². The highest BCUT2D eigenvalue weighted by Crippen LogP contribution is 2.05. The third kappa shape index (κ3) is 2.91. The number of rotatable bonds is 2. The van der Waals surface area contributed by atoms with Crippen molar-refractivity contribution >= 4 is 0 Å². The van der Waals surface area contributed by atoms with Crippen LogP contribution in [0.5, 0.6) is 0 Å². The summed E-state index contributed by atoms with van der Waals surface area (Å²) in [5, 5.41) is 6.89. The highest BCUT2D eigenvalue weighted by Gasteiger charge is 2.20. The molecule has 2 atom stereocenters. The normalized spacial score (nSPS) is 36.0. The maximum Gasteiger partial charge on any atom is 0.0620 e. The van der Waals surface area contributed by atoms with E-state index in [0.717, 1.165) is 45.9 Å². The molecule has 0 aliphatic carbocycles. The van der Waals surface area contributed by atoms with Crippen LogP contribution >= 0.6 is 0 Å². The molecule has 2 saturated heterocycles. The number of morpholine rings is 2. The van der Waals surface area contributed by atoms with Crippen molar-refractivity contribution in [2.24, 2.45) is 0 Å². The van der Waals surface area contributed by atoms with Gasteiger partial charge in [0.05, 0.1) is 26.4 Å². The Balaban J connectivity index is 1.69. The van der Waals surface area contributed by atoms with Gasteiger partial charge in [-0.15, -0.1) is 0 Å². The Morgan fingerprint density at radius 1 is 0.923 bits per heavy atom. The standard InChI is InChI=1S/C9H18N2O2/c1-3-12-6-8(10-1)5-9-7-13-4-2-11-9/h8-11H,1-7H2. The minimum Gasteiger partial charge on any atom is -0.379 e. The lowest BCUT2D eigenvalue weighted by Gasteiger charge is -2.30. The van der Waals surface area contributed by atoms with Crippen LogP contribution in [0.15, 0.2) is 0 Å². The second-order valence-electron chi connectivity index (χ2n) is 3.69. The highest BCUT2D eigenvalue weighted by molar-refractivity contribution is 4.79. The van der Waals surface area contributed by atoms with Crippen LogP contribution in [0.25, 0.3) is 0 Å². The highest BCUT2D eigenvalue weighted by atomic mass is 16.5. The number of ether oxygens (including phenoxy) is 2. The number of hydrogen-bond donors (Lipinski definition) is 2. The first-order valence-electron chi connectivity index (χ1n) is 5.07. The van der Waals surface area contributed by atoms with Crippen molar-refractivity contribution in [3.8, 4) is 0 Å². The van der Waals surface area contributed by atoms with Gasteiger partial charge in [-0.25, -0.2) is 0 Å². The molecule has 76 valence electrons. The maximum absolute atomic E-state index is 5.39. The van der Waals surface area contributed by atoms with E-state index in [9.17, 15) is 0 Å². The molecule has 2 fully saturated rings. The molecule has 0 saturated carbocycles. The van der Waals surface area contributed by atoms with E-state index in [0.29, 0.717) is 12.1 Å². The summed E-state index contributed by atoms with van der Waals surface area (Å²) in [5.74, 6) is 0. The van der Waals surface area contributed by atoms with Crippen molar-refractivity contribution in [1.29, 1.82) is 0 Å². The van der Waals surface area contributed by atoms with Crippen LogP contribution in [-0.4, -0.2) is 51.6 Å². The lowest BCUT2D eigenvalue weighted by Crippen LogP contribution is -2.49. The van der Waals surface area contributed by atoms with Gasteiger partial charge < -0.3 is 20.1 Å². The molecule has 2 N–H and O–H groups in total. The molecule has 0 amide bonds. The monoisotopic (exact) mass is 186 g/mol. The largest absolute Gasteiger partial charge is 0.379 e. The predicted molar refractivity (Wildman–Crippen MR) is 49.8 cm³/mol. The van der Waals surface area contributed by atoms with Crippen LogP contribution in [-0.2, 0) is 9.47 Å². The van der Waals surface area contributed by atoms with E-state index in [4.69, 9.17) is 9.47 Å². The van der Waals surface area contributed by atoms with Crippen molar-refractivity contribution < 1.29 is 9.47 Å². The summed E-state index contributed by atoms with van der Waals surface area (Å²) in [5.41, 5.74) is 0. The summed E-state index contributed by atoms with van der Waals surface area (Å²) in [6.45, 7) is 5.36. The fourth-order valence-electron chi connectivity index (χ4n) is 1.89. The molecular weight excluding hydrogens is 168 g/mol. The summed E-state index contributed by atoms with van der Waals surface area (Å²) in [4.78, 5) is 0. The van der Waals surface area contributed by atoms with Gasteiger partial charge in [0.25, 0.3) is 0 Å². The molecule has 0 aromatic heterocycles. The topological polar surface area (TPSA) is 42.5 Å². The van der Waals surface area contributed by atoms with Crippen molar-refractivity contribution in [2.45, 2.75) is 18.5 Å². The van der Waals surface area contributed by atoms with E-state index >= 15 is 0 Å². The van der Waals surface area contributed by atoms with Gasteiger partial charge in [0.2, 0.25) is 0 Å². The Labute approximate surface area is 79.0 Å². The van der Waals surface area contributed by atoms with E-state index in [1.807, 2.05) is 0 Å². The molecule has 2 unspecified atom stereocenters. The number of hydrogen-bond acceptors (Lipinski definition) is 4. The van der Waals surface area contributed by atoms with Gasteiger partial charge >= 0.3 is 0 Å². The fraction of sp³-hybridized carbons (Fsp3) is 1.00. The smallest absolute Gasteiger partial charge is 0.0620 e. The molecule has 0 aromatic carbocycles. The van der Waals surface area contributed by atoms with E-state index in [-0.39, 0.29) is 0 Å². The molecule has 0 aromatic rings. The zero-order valence-electron chi connectivity index (χ0n) is 7.92. The zero-order valence-corrected chi connectivity index (χ0v) is 7.92. The fourth-order valence-corrected chi connectivity index (χ4v) is 1.89. The van der Waals surface area contributed by atoms with Crippen LogP contribution in [0.1, 0.15) is 6.42 Å². The van der Waals surface area contributed by atoms with Crippen LogP contribution in [0.3, 0.4) is 0 Å². The third-order valence-electron chi connectivity index (χ3n) is 2.57. The lowest BCUT2D eigenvalue weighted by molar-refractivity contribution is 0.0436. The van der Waals surface area contributed by atoms with Crippen LogP contribution < -0.4 is 10.6 Å². The minimum atomic E-state index is 0.507. The van der Waals surface area contributed by atoms with Crippen molar-refractivity contribution in [2.75, 3.05) is 39.5 Å². The van der Waals surface area contributed by atoms with E-state index < -0.39 is 0 Å². The average molecular weight is 186 g/mol. The first-order valence-corrected chi connectivity index (χ1v) is 5.07. The minimum absolute atomic E-state index is 0.507. The number of nitrogens with one attached hydrogen (secondary N) is 2. The Morgan fingerprint density at radius 3 is 1.85 bits per heavy atom. The molecule has 0 bridgehead atoms. The van der Waals surface area contributed by atoms with Gasteiger partial charge in [0.1, 0.15) is 0 Å². The van der Waals surface area contributed by atoms with Gasteiger partial charge in [0.15, 0.2) is 0 Å². The molecule has 2 aliphatic heterocycles. The zero-order chi connectivity index (χ0) is 8.93. The first-order chi connectivity index (χ1) is 6.45. The quantitative estimate of drug-likeness (QED) is 0.601. The molecule has 2 rings (SSSR count). The Bertz CT molecular complexity index is 127. The van der Waals surface area contributed by atoms with Gasteiger partial charge in [0, 0.05) is 25.2 Å². The van der Waals surface area contributed by atoms with E-state index in [2.05, 4.69) is 10.6 Å². The Hall–Kier alpha value is -0.160. The summed E-state index contributed by atoms with van der Waals surface area (Å²) in [7, 11) is 0. The van der Waals surface area contributed by atoms with Gasteiger partial charge in [-0.2, -0.15) is 0 Å². The first kappa shape index (κ1) is 9.40. The van der Waals surface area contributed by atoms with Crippen molar-refractivity contribution in [1.82, 2.24) is 10.6 Å². The summed E-state index contributed by atoms with van der Waals surface area (Å²) in [6, 6.07) is 1.01. The van der Waals surface area contributed by atoms with Crippen LogP contribution in [0.4, 0.5) is 0 Å². The van der Waals surface area contributed by atoms with Gasteiger partial charge in [-0.05, 0) is 6.42 Å². The third-order valence-corrected chi connectivity index (χ3v) is 2.57.